The van der Waals surface area contributed by atoms with Gasteiger partial charge in [0, 0.05) is 0 Å². The first kappa shape index (κ1) is 4.94. The summed E-state index contributed by atoms with van der Waals surface area (Å²) in [5, 5.41) is 3.83. The standard InChI is InChI=1S/C3Cl2N2/c4-2-3(5)7-1-6-2. The molecule has 0 aliphatic carbocycles. The molecule has 1 aliphatic heterocycles. The van der Waals surface area contributed by atoms with Crippen molar-refractivity contribution in [3.05, 3.63) is 10.3 Å². The van der Waals surface area contributed by atoms with Crippen LogP contribution in [-0.2, 0) is 0 Å². The summed E-state index contributed by atoms with van der Waals surface area (Å²) in [6, 6.07) is 0. The van der Waals surface area contributed by atoms with E-state index in [0.29, 0.717) is 0 Å². The van der Waals surface area contributed by atoms with Gasteiger partial charge in [0.25, 0.3) is 0 Å². The van der Waals surface area contributed by atoms with Crippen molar-refractivity contribution in [2.45, 2.75) is 0 Å². The third kappa shape index (κ3) is 0.868. The molecule has 0 fully saturated rings. The maximum Gasteiger partial charge on any atom is 0.200 e. The van der Waals surface area contributed by atoms with Gasteiger partial charge in [-0.2, -0.15) is 0 Å². The maximum atomic E-state index is 5.29. The second-order valence-electron chi connectivity index (χ2n) is 0.905. The second kappa shape index (κ2) is 1.72. The van der Waals surface area contributed by atoms with Crippen LogP contribution in [0, 0.1) is 0 Å². The zero-order chi connectivity index (χ0) is 5.28. The van der Waals surface area contributed by atoms with E-state index in [9.17, 15) is 0 Å². The van der Waals surface area contributed by atoms with E-state index in [-0.39, 0.29) is 10.3 Å². The SMILES string of the molecule is ClC1=C(Cl)N=[C][N]1. The summed E-state index contributed by atoms with van der Waals surface area (Å²) < 4.78 is 0. The molecule has 0 saturated carbocycles. The zero-order valence-electron chi connectivity index (χ0n) is 3.15. The largest absolute Gasteiger partial charge is 0.210 e. The van der Waals surface area contributed by atoms with E-state index >= 15 is 0 Å². The van der Waals surface area contributed by atoms with E-state index in [4.69, 9.17) is 23.2 Å². The highest BCUT2D eigenvalue weighted by Gasteiger charge is 2.04. The number of hydrogen-bond donors (Lipinski definition) is 0. The molecule has 0 spiro atoms. The predicted octanol–water partition coefficient (Wildman–Crippen LogP) is 1.11. The van der Waals surface area contributed by atoms with Crippen LogP contribution in [0.5, 0.6) is 0 Å². The highest BCUT2D eigenvalue weighted by Crippen LogP contribution is 2.15. The van der Waals surface area contributed by atoms with Gasteiger partial charge in [0.2, 0.25) is 6.34 Å². The fraction of sp³-hybridized carbons (Fsp3) is 0. The molecule has 4 heteroatoms. The van der Waals surface area contributed by atoms with Crippen LogP contribution in [0.25, 0.3) is 0 Å². The molecular formula is C3Cl2N2. The second-order valence-corrected chi connectivity index (χ2v) is 1.62. The van der Waals surface area contributed by atoms with Crippen molar-refractivity contribution in [2.75, 3.05) is 0 Å². The van der Waals surface area contributed by atoms with Gasteiger partial charge in [0.1, 0.15) is 0 Å². The summed E-state index contributed by atoms with van der Waals surface area (Å²) in [5.41, 5.74) is 0. The fourth-order valence-corrected chi connectivity index (χ4v) is 0.365. The van der Waals surface area contributed by atoms with Gasteiger partial charge in [-0.25, -0.2) is 10.3 Å². The lowest BCUT2D eigenvalue weighted by molar-refractivity contribution is 1.29. The van der Waals surface area contributed by atoms with Gasteiger partial charge >= 0.3 is 0 Å². The highest BCUT2D eigenvalue weighted by atomic mass is 35.5. The maximum absolute atomic E-state index is 5.29. The van der Waals surface area contributed by atoms with Crippen molar-refractivity contribution in [3.8, 4) is 0 Å². The molecule has 2 nitrogen and oxygen atoms in total. The Balaban J connectivity index is 2.79. The monoisotopic (exact) mass is 134 g/mol. The minimum atomic E-state index is 0.210. The third-order valence-corrected chi connectivity index (χ3v) is 1.09. The minimum Gasteiger partial charge on any atom is -0.210 e. The Morgan fingerprint density at radius 1 is 1.29 bits per heavy atom. The summed E-state index contributed by atoms with van der Waals surface area (Å²) in [5.74, 6) is 0. The number of halogens is 2. The Kier molecular flexibility index (Phi) is 1.21. The van der Waals surface area contributed by atoms with E-state index in [1.54, 1.807) is 0 Å². The molecule has 0 unspecified atom stereocenters. The topological polar surface area (TPSA) is 26.5 Å². The smallest absolute Gasteiger partial charge is 0.200 e. The fourth-order valence-electron chi connectivity index (χ4n) is 0.205. The Hall–Kier alpha value is -0.210. The Labute approximate surface area is 50.8 Å². The van der Waals surface area contributed by atoms with Crippen molar-refractivity contribution in [3.63, 3.8) is 0 Å². The van der Waals surface area contributed by atoms with Crippen LogP contribution in [-0.4, -0.2) is 6.34 Å². The van der Waals surface area contributed by atoms with Crippen molar-refractivity contribution < 1.29 is 0 Å². The molecule has 0 atom stereocenters. The van der Waals surface area contributed by atoms with E-state index in [1.165, 1.54) is 0 Å². The van der Waals surface area contributed by atoms with Gasteiger partial charge in [-0.1, -0.05) is 23.2 Å². The van der Waals surface area contributed by atoms with Crippen molar-refractivity contribution in [1.82, 2.24) is 5.32 Å². The van der Waals surface area contributed by atoms with Crippen molar-refractivity contribution >= 4 is 29.5 Å². The number of hydrogen-bond acceptors (Lipinski definition) is 1. The van der Waals surface area contributed by atoms with Crippen molar-refractivity contribution in [2.24, 2.45) is 4.99 Å². The number of rotatable bonds is 0. The van der Waals surface area contributed by atoms with E-state index in [0.717, 1.165) is 0 Å². The molecule has 7 heavy (non-hydrogen) atoms. The molecule has 0 saturated heterocycles. The van der Waals surface area contributed by atoms with Gasteiger partial charge in [0.15, 0.2) is 10.3 Å². The average Bonchev–Trinajstić information content (AvgIpc) is 1.91. The van der Waals surface area contributed by atoms with Crippen LogP contribution < -0.4 is 5.32 Å². The first-order valence-electron chi connectivity index (χ1n) is 1.52. The van der Waals surface area contributed by atoms with Gasteiger partial charge in [-0.15, -0.1) is 0 Å². The molecule has 36 valence electrons. The minimum absolute atomic E-state index is 0.210. The molecular weight excluding hydrogens is 135 g/mol. The Morgan fingerprint density at radius 2 is 2.00 bits per heavy atom. The summed E-state index contributed by atoms with van der Waals surface area (Å²) in [6.45, 7) is 0. The highest BCUT2D eigenvalue weighted by molar-refractivity contribution is 6.40. The molecule has 0 aromatic carbocycles. The number of nitrogens with zero attached hydrogens (tertiary/aromatic N) is 2. The summed E-state index contributed by atoms with van der Waals surface area (Å²) in [6.07, 6.45) is 2.23. The molecule has 0 aromatic heterocycles. The Morgan fingerprint density at radius 3 is 2.14 bits per heavy atom. The van der Waals surface area contributed by atoms with E-state index in [2.05, 4.69) is 16.6 Å². The quantitative estimate of drug-likeness (QED) is 0.445. The van der Waals surface area contributed by atoms with Gasteiger partial charge in [0.05, 0.1) is 0 Å². The lowest BCUT2D eigenvalue weighted by atomic mass is 10.9. The van der Waals surface area contributed by atoms with E-state index in [1.807, 2.05) is 0 Å². The van der Waals surface area contributed by atoms with Gasteiger partial charge in [-0.3, -0.25) is 0 Å². The van der Waals surface area contributed by atoms with Gasteiger partial charge in [-0.05, 0) is 0 Å². The lowest BCUT2D eigenvalue weighted by Crippen LogP contribution is -1.87. The molecule has 0 aromatic rings. The summed E-state index contributed by atoms with van der Waals surface area (Å²) >= 11 is 10.6. The van der Waals surface area contributed by atoms with Crippen LogP contribution in [0.2, 0.25) is 0 Å². The van der Waals surface area contributed by atoms with Crippen LogP contribution in [0.15, 0.2) is 15.3 Å². The number of aliphatic imine (C=N–C) groups is 1. The predicted molar refractivity (Wildman–Crippen MR) is 28.3 cm³/mol. The molecule has 1 heterocycles. The normalized spacial score (nSPS) is 18.0. The summed E-state index contributed by atoms with van der Waals surface area (Å²) in [4.78, 5) is 3.41. The summed E-state index contributed by atoms with van der Waals surface area (Å²) in [7, 11) is 0. The molecule has 0 bridgehead atoms. The molecule has 0 amide bonds. The molecule has 0 N–H and O–H groups in total. The Bertz CT molecular complexity index is 138. The third-order valence-electron chi connectivity index (χ3n) is 0.467. The first-order valence-corrected chi connectivity index (χ1v) is 2.28. The van der Waals surface area contributed by atoms with Crippen LogP contribution in [0.4, 0.5) is 0 Å². The van der Waals surface area contributed by atoms with E-state index < -0.39 is 0 Å². The molecule has 2 radical (unpaired) electrons. The molecule has 1 aliphatic rings. The first-order chi connectivity index (χ1) is 3.30. The van der Waals surface area contributed by atoms with Crippen molar-refractivity contribution in [1.29, 1.82) is 0 Å². The van der Waals surface area contributed by atoms with Crippen LogP contribution in [0.3, 0.4) is 0 Å². The van der Waals surface area contributed by atoms with Crippen LogP contribution in [0.1, 0.15) is 0 Å². The molecule has 1 rings (SSSR count). The van der Waals surface area contributed by atoms with Gasteiger partial charge < -0.3 is 0 Å². The zero-order valence-corrected chi connectivity index (χ0v) is 4.66. The lowest BCUT2D eigenvalue weighted by Gasteiger charge is -1.78. The average molecular weight is 135 g/mol. The van der Waals surface area contributed by atoms with Crippen LogP contribution >= 0.6 is 23.2 Å².